The van der Waals surface area contributed by atoms with Gasteiger partial charge in [0.25, 0.3) is 0 Å². The summed E-state index contributed by atoms with van der Waals surface area (Å²) in [5, 5.41) is 2.36. The smallest absolute Gasteiger partial charge is 0.119 e. The maximum absolute atomic E-state index is 5.86. The molecule has 3 heteroatoms. The van der Waals surface area contributed by atoms with Gasteiger partial charge in [0.15, 0.2) is 0 Å². The van der Waals surface area contributed by atoms with Crippen LogP contribution in [-0.2, 0) is 12.8 Å². The van der Waals surface area contributed by atoms with Crippen LogP contribution >= 0.6 is 0 Å². The summed E-state index contributed by atoms with van der Waals surface area (Å²) in [6.07, 6.45) is 8.13. The van der Waals surface area contributed by atoms with Gasteiger partial charge in [0.05, 0.1) is 23.8 Å². The van der Waals surface area contributed by atoms with E-state index in [0.29, 0.717) is 0 Å². The van der Waals surface area contributed by atoms with E-state index in [-0.39, 0.29) is 0 Å². The Labute approximate surface area is 179 Å². The van der Waals surface area contributed by atoms with Crippen LogP contribution in [0.25, 0.3) is 21.8 Å². The van der Waals surface area contributed by atoms with E-state index < -0.39 is 0 Å². The molecular formula is C27H30N2O. The molecule has 2 aromatic carbocycles. The zero-order chi connectivity index (χ0) is 20.9. The topological polar surface area (TPSA) is 35.0 Å². The average molecular weight is 399 g/mol. The van der Waals surface area contributed by atoms with E-state index in [4.69, 9.17) is 4.74 Å². The van der Waals surface area contributed by atoms with Gasteiger partial charge in [-0.1, -0.05) is 38.1 Å². The number of aryl methyl sites for hydroxylation is 3. The molecule has 2 heterocycles. The predicted octanol–water partition coefficient (Wildman–Crippen LogP) is 6.69. The van der Waals surface area contributed by atoms with Crippen molar-refractivity contribution in [2.75, 3.05) is 6.61 Å². The summed E-state index contributed by atoms with van der Waals surface area (Å²) in [6, 6.07) is 17.2. The molecule has 4 aromatic rings. The van der Waals surface area contributed by atoms with Gasteiger partial charge in [-0.2, -0.15) is 0 Å². The van der Waals surface area contributed by atoms with Crippen LogP contribution in [0.4, 0.5) is 0 Å². The van der Waals surface area contributed by atoms with Gasteiger partial charge in [-0.25, -0.2) is 0 Å². The lowest BCUT2D eigenvalue weighted by molar-refractivity contribution is 0.297. The largest absolute Gasteiger partial charge is 0.494 e. The molecule has 2 aromatic heterocycles. The molecule has 0 unspecified atom stereocenters. The van der Waals surface area contributed by atoms with E-state index in [9.17, 15) is 0 Å². The van der Waals surface area contributed by atoms with Gasteiger partial charge in [-0.3, -0.25) is 9.97 Å². The third-order valence-electron chi connectivity index (χ3n) is 5.56. The van der Waals surface area contributed by atoms with Crippen LogP contribution in [0.15, 0.2) is 60.9 Å². The Kier molecular flexibility index (Phi) is 6.27. The van der Waals surface area contributed by atoms with E-state index >= 15 is 0 Å². The van der Waals surface area contributed by atoms with E-state index in [1.54, 1.807) is 0 Å². The monoisotopic (exact) mass is 398 g/mol. The second-order valence-electron chi connectivity index (χ2n) is 8.58. The van der Waals surface area contributed by atoms with Crippen LogP contribution in [-0.4, -0.2) is 16.6 Å². The van der Waals surface area contributed by atoms with E-state index in [0.717, 1.165) is 48.6 Å². The average Bonchev–Trinajstić information content (AvgIpc) is 2.75. The summed E-state index contributed by atoms with van der Waals surface area (Å²) in [5.41, 5.74) is 5.79. The molecule has 0 aliphatic heterocycles. The van der Waals surface area contributed by atoms with Crippen molar-refractivity contribution in [2.24, 2.45) is 5.92 Å². The van der Waals surface area contributed by atoms with Crippen LogP contribution in [0.3, 0.4) is 0 Å². The van der Waals surface area contributed by atoms with Gasteiger partial charge in [0.2, 0.25) is 0 Å². The summed E-state index contributed by atoms with van der Waals surface area (Å²) in [5.74, 6) is 1.70. The molecule has 30 heavy (non-hydrogen) atoms. The van der Waals surface area contributed by atoms with Crippen LogP contribution < -0.4 is 4.74 Å². The van der Waals surface area contributed by atoms with Crippen molar-refractivity contribution >= 4 is 21.8 Å². The molecule has 0 aliphatic rings. The minimum Gasteiger partial charge on any atom is -0.494 e. The second kappa shape index (κ2) is 9.25. The molecule has 0 atom stereocenters. The fraction of sp³-hybridized carbons (Fsp3) is 0.333. The normalized spacial score (nSPS) is 11.5. The maximum Gasteiger partial charge on any atom is 0.119 e. The number of hydrogen-bond acceptors (Lipinski definition) is 3. The van der Waals surface area contributed by atoms with Crippen molar-refractivity contribution in [1.29, 1.82) is 0 Å². The molecule has 154 valence electrons. The van der Waals surface area contributed by atoms with Gasteiger partial charge in [0.1, 0.15) is 5.75 Å². The van der Waals surface area contributed by atoms with Gasteiger partial charge in [-0.15, -0.1) is 0 Å². The Morgan fingerprint density at radius 1 is 0.800 bits per heavy atom. The molecule has 0 saturated heterocycles. The molecular weight excluding hydrogens is 368 g/mol. The molecule has 0 aliphatic carbocycles. The van der Waals surface area contributed by atoms with E-state index in [2.05, 4.69) is 79.3 Å². The molecule has 0 radical (unpaired) electrons. The lowest BCUT2D eigenvalue weighted by Crippen LogP contribution is -2.00. The highest BCUT2D eigenvalue weighted by molar-refractivity contribution is 6.04. The zero-order valence-electron chi connectivity index (χ0n) is 18.2. The molecule has 0 bridgehead atoms. The van der Waals surface area contributed by atoms with Crippen molar-refractivity contribution in [2.45, 2.75) is 46.5 Å². The first-order valence-electron chi connectivity index (χ1n) is 10.9. The minimum atomic E-state index is 0.735. The first-order chi connectivity index (χ1) is 14.6. The van der Waals surface area contributed by atoms with Crippen LogP contribution in [0.1, 0.15) is 43.4 Å². The maximum atomic E-state index is 5.86. The van der Waals surface area contributed by atoms with Crippen molar-refractivity contribution in [3.63, 3.8) is 0 Å². The number of benzene rings is 2. The summed E-state index contributed by atoms with van der Waals surface area (Å²) in [4.78, 5) is 9.21. The van der Waals surface area contributed by atoms with E-state index in [1.807, 2.05) is 12.4 Å². The highest BCUT2D eigenvalue weighted by Gasteiger charge is 2.06. The number of ether oxygens (including phenoxy) is 1. The van der Waals surface area contributed by atoms with Crippen LogP contribution in [0, 0.1) is 12.8 Å². The minimum absolute atomic E-state index is 0.735. The Bertz CT molecular complexity index is 1130. The van der Waals surface area contributed by atoms with Gasteiger partial charge in [0, 0.05) is 17.0 Å². The first-order valence-corrected chi connectivity index (χ1v) is 10.9. The summed E-state index contributed by atoms with van der Waals surface area (Å²) in [6.45, 7) is 7.39. The highest BCUT2D eigenvalue weighted by atomic mass is 16.5. The third-order valence-corrected chi connectivity index (χ3v) is 5.56. The summed E-state index contributed by atoms with van der Waals surface area (Å²) >= 11 is 0. The Morgan fingerprint density at radius 2 is 1.57 bits per heavy atom. The molecule has 0 amide bonds. The highest BCUT2D eigenvalue weighted by Crippen LogP contribution is 2.24. The number of pyridine rings is 2. The first kappa shape index (κ1) is 20.3. The Morgan fingerprint density at radius 3 is 2.37 bits per heavy atom. The number of hydrogen-bond donors (Lipinski definition) is 0. The van der Waals surface area contributed by atoms with Crippen LogP contribution in [0.2, 0.25) is 0 Å². The van der Waals surface area contributed by atoms with Crippen LogP contribution in [0.5, 0.6) is 5.75 Å². The van der Waals surface area contributed by atoms with Crippen molar-refractivity contribution in [3.05, 3.63) is 77.6 Å². The summed E-state index contributed by atoms with van der Waals surface area (Å²) < 4.78 is 5.86. The fourth-order valence-corrected chi connectivity index (χ4v) is 3.80. The molecule has 4 rings (SSSR count). The molecule has 3 nitrogen and oxygen atoms in total. The fourth-order valence-electron chi connectivity index (χ4n) is 3.80. The molecule has 0 spiro atoms. The van der Waals surface area contributed by atoms with Crippen molar-refractivity contribution in [3.8, 4) is 5.75 Å². The second-order valence-corrected chi connectivity index (χ2v) is 8.58. The number of aromatic nitrogens is 2. The molecule has 0 saturated carbocycles. The van der Waals surface area contributed by atoms with E-state index in [1.165, 1.54) is 33.9 Å². The number of fused-ring (bicyclic) bond motifs is 3. The lowest BCUT2D eigenvalue weighted by atomic mass is 10.0. The predicted molar refractivity (Wildman–Crippen MR) is 125 cm³/mol. The lowest BCUT2D eigenvalue weighted by Gasteiger charge is -2.09. The SMILES string of the molecule is Cc1ccc2c(c1)ncc1ncc(CCc3ccc(OCCCC(C)C)cc3)cc12. The number of rotatable bonds is 8. The zero-order valence-corrected chi connectivity index (χ0v) is 18.2. The Balaban J connectivity index is 1.41. The van der Waals surface area contributed by atoms with Gasteiger partial charge >= 0.3 is 0 Å². The Hall–Kier alpha value is -2.94. The summed E-state index contributed by atoms with van der Waals surface area (Å²) in [7, 11) is 0. The number of nitrogens with zero attached hydrogens (tertiary/aromatic N) is 2. The van der Waals surface area contributed by atoms with Crippen molar-refractivity contribution in [1.82, 2.24) is 9.97 Å². The standard InChI is InChI=1S/C27H30N2O/c1-19(2)5-4-14-30-23-11-9-21(10-12-23)7-8-22-16-25-24-13-6-20(3)15-26(24)29-18-27(25)28-17-22/h6,9-13,15-19H,4-5,7-8,14H2,1-3H3. The molecule has 0 N–H and O–H groups in total. The van der Waals surface area contributed by atoms with Gasteiger partial charge in [-0.05, 0) is 79.5 Å². The molecule has 0 fully saturated rings. The van der Waals surface area contributed by atoms with Crippen molar-refractivity contribution < 1.29 is 4.74 Å². The quantitative estimate of drug-likeness (QED) is 0.245. The third kappa shape index (κ3) is 4.96. The van der Waals surface area contributed by atoms with Gasteiger partial charge < -0.3 is 4.74 Å².